The van der Waals surface area contributed by atoms with Crippen molar-refractivity contribution < 1.29 is 47.8 Å². The lowest BCUT2D eigenvalue weighted by Crippen LogP contribution is -2.36. The van der Waals surface area contributed by atoms with Gasteiger partial charge in [0.15, 0.2) is 0 Å². The topological polar surface area (TPSA) is 162 Å². The molecule has 0 fully saturated rings. The van der Waals surface area contributed by atoms with Gasteiger partial charge in [0.05, 0.1) is 33.4 Å². The normalized spacial score (nSPS) is 13.4. The Hall–Kier alpha value is -7.08. The van der Waals surface area contributed by atoms with Crippen molar-refractivity contribution in [2.75, 3.05) is 0 Å². The number of carbonyl (C=O) groups is 8. The lowest BCUT2D eigenvalue weighted by atomic mass is 9.78. The maximum Gasteiger partial charge on any atom is 0.343 e. The standard InChI is InChI=1S/C41H30N2O10/c1-21(2)33(44)42-35(46)29-17-7-23(19-31(29)37(42)48)39(50)52-27-13-9-25(10-14-27)41(5,6)26-11-15-28(16-12-26)53-40(51)24-8-18-30-32(20-24)38(49)43(36(30)47)34(45)22(3)4/h7-20H,1,3H2,2,4-6H3. The molecule has 0 unspecified atom stereocenters. The lowest BCUT2D eigenvalue weighted by Gasteiger charge is -2.26. The van der Waals surface area contributed by atoms with Gasteiger partial charge in [-0.15, -0.1) is 0 Å². The molecule has 6 rings (SSSR count). The molecule has 0 radical (unpaired) electrons. The summed E-state index contributed by atoms with van der Waals surface area (Å²) >= 11 is 0. The van der Waals surface area contributed by atoms with Crippen molar-refractivity contribution in [3.8, 4) is 11.5 Å². The fourth-order valence-electron chi connectivity index (χ4n) is 5.86. The van der Waals surface area contributed by atoms with E-state index in [1.54, 1.807) is 48.5 Å². The minimum atomic E-state index is -0.841. The van der Waals surface area contributed by atoms with Crippen molar-refractivity contribution in [3.05, 3.63) is 154 Å². The highest BCUT2D eigenvalue weighted by molar-refractivity contribution is 6.32. The molecule has 0 bridgehead atoms. The third-order valence-corrected chi connectivity index (χ3v) is 8.95. The molecule has 12 heteroatoms. The Kier molecular flexibility index (Phi) is 8.92. The van der Waals surface area contributed by atoms with Crippen molar-refractivity contribution in [2.45, 2.75) is 33.1 Å². The zero-order valence-corrected chi connectivity index (χ0v) is 29.0. The summed E-state index contributed by atoms with van der Waals surface area (Å²) in [7, 11) is 0. The van der Waals surface area contributed by atoms with Crippen molar-refractivity contribution >= 4 is 47.4 Å². The molecule has 2 aliphatic heterocycles. The number of fused-ring (bicyclic) bond motifs is 2. The molecule has 264 valence electrons. The minimum absolute atomic E-state index is 0.000395. The van der Waals surface area contributed by atoms with Crippen LogP contribution in [0.25, 0.3) is 0 Å². The van der Waals surface area contributed by atoms with Crippen LogP contribution in [-0.2, 0) is 15.0 Å². The van der Waals surface area contributed by atoms with E-state index in [1.165, 1.54) is 50.2 Å². The number of rotatable bonds is 8. The molecule has 6 amide bonds. The summed E-state index contributed by atoms with van der Waals surface area (Å²) in [5.41, 5.74) is 1.08. The number of nitrogens with zero attached hydrogens (tertiary/aromatic N) is 2. The first-order valence-electron chi connectivity index (χ1n) is 16.1. The average Bonchev–Trinajstić information content (AvgIpc) is 3.53. The molecule has 12 nitrogen and oxygen atoms in total. The third kappa shape index (κ3) is 6.27. The van der Waals surface area contributed by atoms with Gasteiger partial charge >= 0.3 is 11.9 Å². The molecule has 0 aliphatic carbocycles. The predicted molar refractivity (Wildman–Crippen MR) is 188 cm³/mol. The Labute approximate surface area is 302 Å². The van der Waals surface area contributed by atoms with Crippen LogP contribution < -0.4 is 9.47 Å². The molecule has 0 aromatic heterocycles. The van der Waals surface area contributed by atoms with Crippen LogP contribution >= 0.6 is 0 Å². The van der Waals surface area contributed by atoms with Crippen molar-refractivity contribution in [3.63, 3.8) is 0 Å². The molecular weight excluding hydrogens is 680 g/mol. The number of esters is 2. The van der Waals surface area contributed by atoms with E-state index in [4.69, 9.17) is 9.47 Å². The van der Waals surface area contributed by atoms with E-state index in [1.807, 2.05) is 13.8 Å². The quantitative estimate of drug-likeness (QED) is 0.0939. The van der Waals surface area contributed by atoms with E-state index in [9.17, 15) is 38.4 Å². The zero-order chi connectivity index (χ0) is 38.5. The second-order valence-corrected chi connectivity index (χ2v) is 13.0. The van der Waals surface area contributed by atoms with Crippen LogP contribution in [0.15, 0.2) is 109 Å². The molecule has 0 saturated carbocycles. The lowest BCUT2D eigenvalue weighted by molar-refractivity contribution is -0.123. The van der Waals surface area contributed by atoms with E-state index in [0.29, 0.717) is 9.80 Å². The van der Waals surface area contributed by atoms with Gasteiger partial charge in [0.1, 0.15) is 11.5 Å². The third-order valence-electron chi connectivity index (χ3n) is 8.95. The monoisotopic (exact) mass is 710 g/mol. The summed E-state index contributed by atoms with van der Waals surface area (Å²) < 4.78 is 11.0. The number of benzene rings is 4. The van der Waals surface area contributed by atoms with Crippen LogP contribution in [0.4, 0.5) is 0 Å². The van der Waals surface area contributed by atoms with Gasteiger partial charge in [-0.25, -0.2) is 19.4 Å². The van der Waals surface area contributed by atoms with Crippen LogP contribution in [0, 0.1) is 0 Å². The Morgan fingerprint density at radius 1 is 0.509 bits per heavy atom. The fraction of sp³-hybridized carbons (Fsp3) is 0.122. The second kappa shape index (κ2) is 13.2. The number of hydrogen-bond donors (Lipinski definition) is 0. The van der Waals surface area contributed by atoms with Crippen LogP contribution in [0.5, 0.6) is 11.5 Å². The van der Waals surface area contributed by atoms with E-state index in [2.05, 4.69) is 13.2 Å². The zero-order valence-electron chi connectivity index (χ0n) is 29.0. The average molecular weight is 711 g/mol. The molecule has 0 N–H and O–H groups in total. The maximum absolute atomic E-state index is 13.0. The van der Waals surface area contributed by atoms with Gasteiger partial charge in [0.2, 0.25) is 0 Å². The van der Waals surface area contributed by atoms with Crippen LogP contribution in [0.1, 0.15) is 101 Å². The summed E-state index contributed by atoms with van der Waals surface area (Å²) in [6.45, 7) is 13.7. The Bertz CT molecular complexity index is 2200. The van der Waals surface area contributed by atoms with Crippen molar-refractivity contribution in [1.29, 1.82) is 0 Å². The van der Waals surface area contributed by atoms with Gasteiger partial charge in [-0.05, 0) is 85.6 Å². The smallest absolute Gasteiger partial charge is 0.343 e. The van der Waals surface area contributed by atoms with Crippen LogP contribution in [0.3, 0.4) is 0 Å². The second-order valence-electron chi connectivity index (χ2n) is 13.0. The SMILES string of the molecule is C=C(C)C(=O)N1C(=O)c2ccc(C(=O)Oc3ccc(C(C)(C)c4ccc(OC(=O)c5ccc6c(c5)C(=O)N(C(=O)C(=C)C)C6=O)cc4)cc3)cc2C1=O. The first-order valence-corrected chi connectivity index (χ1v) is 16.1. The van der Waals surface area contributed by atoms with Crippen LogP contribution in [-0.4, -0.2) is 57.2 Å². The minimum Gasteiger partial charge on any atom is -0.423 e. The number of imide groups is 6. The van der Waals surface area contributed by atoms with Gasteiger partial charge in [-0.3, -0.25) is 28.8 Å². The van der Waals surface area contributed by atoms with Gasteiger partial charge < -0.3 is 9.47 Å². The Morgan fingerprint density at radius 3 is 1.15 bits per heavy atom. The highest BCUT2D eigenvalue weighted by Gasteiger charge is 2.41. The first-order chi connectivity index (χ1) is 25.0. The summed E-state index contributed by atoms with van der Waals surface area (Å²) in [5, 5.41) is 0. The number of carbonyl (C=O) groups excluding carboxylic acids is 8. The fourth-order valence-corrected chi connectivity index (χ4v) is 5.86. The van der Waals surface area contributed by atoms with Gasteiger partial charge in [0.25, 0.3) is 35.4 Å². The van der Waals surface area contributed by atoms with E-state index < -0.39 is 52.8 Å². The predicted octanol–water partition coefficient (Wildman–Crippen LogP) is 5.85. The number of ether oxygens (including phenoxy) is 2. The van der Waals surface area contributed by atoms with Gasteiger partial charge in [-0.1, -0.05) is 51.3 Å². The van der Waals surface area contributed by atoms with Crippen molar-refractivity contribution in [2.24, 2.45) is 0 Å². The summed E-state index contributed by atoms with van der Waals surface area (Å²) in [4.78, 5) is 102. The molecule has 0 spiro atoms. The van der Waals surface area contributed by atoms with Crippen molar-refractivity contribution in [1.82, 2.24) is 9.80 Å². The molecule has 0 saturated heterocycles. The molecule has 53 heavy (non-hydrogen) atoms. The summed E-state index contributed by atoms with van der Waals surface area (Å²) in [6, 6.07) is 21.3. The molecule has 2 heterocycles. The summed E-state index contributed by atoms with van der Waals surface area (Å²) in [5.74, 6) is -5.97. The Morgan fingerprint density at radius 2 is 0.830 bits per heavy atom. The van der Waals surface area contributed by atoms with E-state index in [-0.39, 0.29) is 56.0 Å². The van der Waals surface area contributed by atoms with E-state index >= 15 is 0 Å². The first kappa shape index (κ1) is 35.7. The number of amides is 6. The molecule has 4 aromatic rings. The molecular formula is C41H30N2O10. The van der Waals surface area contributed by atoms with Crippen LogP contribution in [0.2, 0.25) is 0 Å². The number of hydrogen-bond acceptors (Lipinski definition) is 10. The molecule has 0 atom stereocenters. The highest BCUT2D eigenvalue weighted by atomic mass is 16.5. The Balaban J connectivity index is 1.10. The van der Waals surface area contributed by atoms with Gasteiger partial charge in [0, 0.05) is 16.6 Å². The maximum atomic E-state index is 13.0. The van der Waals surface area contributed by atoms with E-state index in [0.717, 1.165) is 11.1 Å². The summed E-state index contributed by atoms with van der Waals surface area (Å²) in [6.07, 6.45) is 0. The largest absolute Gasteiger partial charge is 0.423 e. The van der Waals surface area contributed by atoms with Gasteiger partial charge in [-0.2, -0.15) is 0 Å². The highest BCUT2D eigenvalue weighted by Crippen LogP contribution is 2.34. The molecule has 4 aromatic carbocycles. The molecule has 2 aliphatic rings.